The second-order valence-corrected chi connectivity index (χ2v) is 9.58. The first-order valence-corrected chi connectivity index (χ1v) is 11.3. The van der Waals surface area contributed by atoms with E-state index in [1.54, 1.807) is 0 Å². The molecule has 2 atom stereocenters. The Balaban J connectivity index is 1.56. The van der Waals surface area contributed by atoms with Gasteiger partial charge in [-0.3, -0.25) is 4.99 Å². The smallest absolute Gasteiger partial charge is 0.194 e. The standard InChI is InChI=1S/C17H31N3O3S/c21-24(22)11-7-15(14-24)12-18-17(20-8-3-1-4-9-20)19-13-16-6-2-5-10-23-16/h15-16H,1-14H2,(H,18,19). The number of likely N-dealkylation sites (tertiary alicyclic amines) is 1. The minimum Gasteiger partial charge on any atom is -0.376 e. The molecular formula is C17H31N3O3S. The molecule has 138 valence electrons. The van der Waals surface area contributed by atoms with E-state index < -0.39 is 9.84 Å². The number of ether oxygens (including phenoxy) is 1. The lowest BCUT2D eigenvalue weighted by molar-refractivity contribution is 0.0190. The molecule has 0 radical (unpaired) electrons. The average Bonchev–Trinajstić information content (AvgIpc) is 2.96. The predicted molar refractivity (Wildman–Crippen MR) is 96.1 cm³/mol. The molecule has 3 fully saturated rings. The van der Waals surface area contributed by atoms with Crippen molar-refractivity contribution in [2.45, 2.75) is 51.0 Å². The van der Waals surface area contributed by atoms with Crippen LogP contribution in [0.1, 0.15) is 44.9 Å². The zero-order valence-corrected chi connectivity index (χ0v) is 15.4. The van der Waals surface area contributed by atoms with Gasteiger partial charge in [-0.1, -0.05) is 0 Å². The van der Waals surface area contributed by atoms with Crippen molar-refractivity contribution in [1.82, 2.24) is 10.2 Å². The second kappa shape index (κ2) is 8.52. The van der Waals surface area contributed by atoms with Crippen LogP contribution in [0.25, 0.3) is 0 Å². The molecule has 0 amide bonds. The molecule has 0 saturated carbocycles. The Hall–Kier alpha value is -0.820. The number of rotatable bonds is 4. The SMILES string of the molecule is O=S1(=O)CCC(CN=C(NCC2CCCCO2)N2CCCCC2)C1. The summed E-state index contributed by atoms with van der Waals surface area (Å²) in [5.74, 6) is 1.76. The zero-order chi connectivity index (χ0) is 16.8. The summed E-state index contributed by atoms with van der Waals surface area (Å²) in [6.45, 7) is 4.37. The van der Waals surface area contributed by atoms with Crippen LogP contribution in [-0.4, -0.2) is 69.7 Å². The van der Waals surface area contributed by atoms with E-state index in [2.05, 4.69) is 10.2 Å². The number of nitrogens with one attached hydrogen (secondary N) is 1. The molecule has 3 heterocycles. The van der Waals surface area contributed by atoms with E-state index in [9.17, 15) is 8.42 Å². The van der Waals surface area contributed by atoms with Crippen LogP contribution in [0.15, 0.2) is 4.99 Å². The Morgan fingerprint density at radius 1 is 1.12 bits per heavy atom. The summed E-state index contributed by atoms with van der Waals surface area (Å²) >= 11 is 0. The van der Waals surface area contributed by atoms with Crippen LogP contribution in [0.4, 0.5) is 0 Å². The van der Waals surface area contributed by atoms with Crippen molar-refractivity contribution in [2.24, 2.45) is 10.9 Å². The highest BCUT2D eigenvalue weighted by atomic mass is 32.2. The minimum absolute atomic E-state index is 0.183. The summed E-state index contributed by atoms with van der Waals surface area (Å²) in [6, 6.07) is 0. The Bertz CT molecular complexity index is 523. The zero-order valence-electron chi connectivity index (χ0n) is 14.6. The van der Waals surface area contributed by atoms with Gasteiger partial charge in [0.2, 0.25) is 0 Å². The summed E-state index contributed by atoms with van der Waals surface area (Å²) in [5, 5.41) is 3.51. The minimum atomic E-state index is -2.82. The highest BCUT2D eigenvalue weighted by molar-refractivity contribution is 7.91. The summed E-state index contributed by atoms with van der Waals surface area (Å²) in [7, 11) is -2.82. The molecule has 0 aliphatic carbocycles. The maximum atomic E-state index is 11.6. The number of sulfone groups is 1. The number of hydrogen-bond donors (Lipinski definition) is 1. The summed E-state index contributed by atoms with van der Waals surface area (Å²) in [6.07, 6.45) is 8.25. The molecule has 3 saturated heterocycles. The number of nitrogens with zero attached hydrogens (tertiary/aromatic N) is 2. The lowest BCUT2D eigenvalue weighted by Gasteiger charge is -2.32. The Morgan fingerprint density at radius 3 is 2.62 bits per heavy atom. The fourth-order valence-corrected chi connectivity index (χ4v) is 5.63. The van der Waals surface area contributed by atoms with E-state index in [1.807, 2.05) is 0 Å². The largest absolute Gasteiger partial charge is 0.376 e. The first kappa shape index (κ1) is 18.0. The number of guanidine groups is 1. The molecule has 0 aromatic carbocycles. The predicted octanol–water partition coefficient (Wildman–Crippen LogP) is 1.42. The Kier molecular flexibility index (Phi) is 6.38. The topological polar surface area (TPSA) is 71.0 Å². The van der Waals surface area contributed by atoms with Gasteiger partial charge in [0, 0.05) is 32.8 Å². The van der Waals surface area contributed by atoms with Gasteiger partial charge in [0.25, 0.3) is 0 Å². The van der Waals surface area contributed by atoms with Crippen LogP contribution in [-0.2, 0) is 14.6 Å². The van der Waals surface area contributed by atoms with Crippen molar-refractivity contribution in [1.29, 1.82) is 0 Å². The Morgan fingerprint density at radius 2 is 1.96 bits per heavy atom. The van der Waals surface area contributed by atoms with E-state index in [-0.39, 0.29) is 12.0 Å². The van der Waals surface area contributed by atoms with E-state index in [0.717, 1.165) is 45.0 Å². The Labute approximate surface area is 146 Å². The molecule has 7 heteroatoms. The van der Waals surface area contributed by atoms with Crippen molar-refractivity contribution in [3.63, 3.8) is 0 Å². The lowest BCUT2D eigenvalue weighted by Crippen LogP contribution is -2.47. The van der Waals surface area contributed by atoms with E-state index in [0.29, 0.717) is 18.1 Å². The molecule has 24 heavy (non-hydrogen) atoms. The fourth-order valence-electron chi connectivity index (χ4n) is 3.78. The monoisotopic (exact) mass is 357 g/mol. The van der Waals surface area contributed by atoms with Crippen LogP contribution < -0.4 is 5.32 Å². The van der Waals surface area contributed by atoms with Crippen LogP contribution in [0.2, 0.25) is 0 Å². The van der Waals surface area contributed by atoms with Gasteiger partial charge in [-0.2, -0.15) is 0 Å². The quantitative estimate of drug-likeness (QED) is 0.609. The van der Waals surface area contributed by atoms with Crippen molar-refractivity contribution < 1.29 is 13.2 Å². The average molecular weight is 358 g/mol. The maximum absolute atomic E-state index is 11.6. The van der Waals surface area contributed by atoms with E-state index in [4.69, 9.17) is 9.73 Å². The maximum Gasteiger partial charge on any atom is 0.194 e. The first-order chi connectivity index (χ1) is 11.6. The van der Waals surface area contributed by atoms with E-state index in [1.165, 1.54) is 32.1 Å². The van der Waals surface area contributed by atoms with Gasteiger partial charge in [-0.15, -0.1) is 0 Å². The van der Waals surface area contributed by atoms with Crippen LogP contribution in [0, 0.1) is 5.92 Å². The molecule has 0 aromatic heterocycles. The second-order valence-electron chi connectivity index (χ2n) is 7.35. The van der Waals surface area contributed by atoms with Gasteiger partial charge in [0.05, 0.1) is 17.6 Å². The normalized spacial score (nSPS) is 31.2. The molecule has 0 bridgehead atoms. The summed E-state index contributed by atoms with van der Waals surface area (Å²) < 4.78 is 29.1. The van der Waals surface area contributed by atoms with E-state index >= 15 is 0 Å². The van der Waals surface area contributed by atoms with Crippen molar-refractivity contribution in [3.8, 4) is 0 Å². The number of piperidine rings is 1. The highest BCUT2D eigenvalue weighted by Crippen LogP contribution is 2.19. The summed E-state index contributed by atoms with van der Waals surface area (Å²) in [4.78, 5) is 7.12. The van der Waals surface area contributed by atoms with Crippen molar-refractivity contribution in [2.75, 3.05) is 44.3 Å². The fraction of sp³-hybridized carbons (Fsp3) is 0.941. The molecule has 2 unspecified atom stereocenters. The molecule has 3 aliphatic rings. The van der Waals surface area contributed by atoms with Crippen molar-refractivity contribution >= 4 is 15.8 Å². The lowest BCUT2D eigenvalue weighted by atomic mass is 10.1. The molecule has 3 rings (SSSR count). The third-order valence-electron chi connectivity index (χ3n) is 5.24. The van der Waals surface area contributed by atoms with Crippen LogP contribution in [0.5, 0.6) is 0 Å². The van der Waals surface area contributed by atoms with Gasteiger partial charge in [-0.05, 0) is 50.9 Å². The molecule has 1 N–H and O–H groups in total. The molecular weight excluding hydrogens is 326 g/mol. The molecule has 6 nitrogen and oxygen atoms in total. The van der Waals surface area contributed by atoms with Gasteiger partial charge in [0.15, 0.2) is 15.8 Å². The van der Waals surface area contributed by atoms with Gasteiger partial charge >= 0.3 is 0 Å². The van der Waals surface area contributed by atoms with Gasteiger partial charge < -0.3 is 15.0 Å². The third-order valence-corrected chi connectivity index (χ3v) is 7.08. The molecule has 0 aromatic rings. The molecule has 0 spiro atoms. The molecule has 3 aliphatic heterocycles. The van der Waals surface area contributed by atoms with Crippen LogP contribution >= 0.6 is 0 Å². The third kappa shape index (κ3) is 5.34. The highest BCUT2D eigenvalue weighted by Gasteiger charge is 2.28. The van der Waals surface area contributed by atoms with Crippen molar-refractivity contribution in [3.05, 3.63) is 0 Å². The van der Waals surface area contributed by atoms with Crippen LogP contribution in [0.3, 0.4) is 0 Å². The summed E-state index contributed by atoms with van der Waals surface area (Å²) in [5.41, 5.74) is 0. The van der Waals surface area contributed by atoms with Gasteiger partial charge in [-0.25, -0.2) is 8.42 Å². The first-order valence-electron chi connectivity index (χ1n) is 9.48. The number of hydrogen-bond acceptors (Lipinski definition) is 4. The number of aliphatic imine (C=N–C) groups is 1. The van der Waals surface area contributed by atoms with Gasteiger partial charge in [0.1, 0.15) is 0 Å².